The number of ether oxygens (including phenoxy) is 1. The minimum Gasteiger partial charge on any atom is -0.394 e. The average molecular weight is 358 g/mol. The molecule has 138 valence electrons. The van der Waals surface area contributed by atoms with E-state index >= 15 is 0 Å². The van der Waals surface area contributed by atoms with E-state index in [9.17, 15) is 0 Å². The summed E-state index contributed by atoms with van der Waals surface area (Å²) in [6, 6.07) is 21.4. The van der Waals surface area contributed by atoms with Crippen molar-refractivity contribution in [2.75, 3.05) is 6.61 Å². The first-order chi connectivity index (χ1) is 12.5. The Morgan fingerprint density at radius 3 is 1.46 bits per heavy atom. The van der Waals surface area contributed by atoms with Gasteiger partial charge in [0.05, 0.1) is 6.61 Å². The smallest absolute Gasteiger partial charge is 0.184 e. The van der Waals surface area contributed by atoms with Crippen molar-refractivity contribution >= 4 is 21.5 Å². The summed E-state index contributed by atoms with van der Waals surface area (Å²) < 4.78 is 4.58. The highest BCUT2D eigenvalue weighted by Gasteiger charge is 2.42. The van der Waals surface area contributed by atoms with Gasteiger partial charge >= 0.3 is 0 Å². The minimum absolute atomic E-state index is 0.526. The van der Waals surface area contributed by atoms with Crippen LogP contribution in [0.15, 0.2) is 60.7 Å². The second-order valence-corrected chi connectivity index (χ2v) is 6.27. The van der Waals surface area contributed by atoms with Gasteiger partial charge in [-0.15, -0.1) is 0 Å². The summed E-state index contributed by atoms with van der Waals surface area (Å²) in [6.45, 7) is -0.526. The van der Waals surface area contributed by atoms with E-state index in [0.29, 0.717) is 0 Å². The van der Waals surface area contributed by atoms with E-state index in [4.69, 9.17) is 25.5 Å². The number of hydrogen-bond donors (Lipinski definition) is 5. The SMILES string of the molecule is OC[C@H]1O[C@@H](O)[C@H](O)[C@@H](O)[C@H]1O.c1ccc2cc3ccccc3cc2c1. The van der Waals surface area contributed by atoms with Gasteiger partial charge in [0.1, 0.15) is 24.4 Å². The molecule has 0 saturated carbocycles. The van der Waals surface area contributed by atoms with Crippen molar-refractivity contribution in [1.82, 2.24) is 0 Å². The molecule has 0 unspecified atom stereocenters. The van der Waals surface area contributed by atoms with Crippen LogP contribution < -0.4 is 0 Å². The summed E-state index contributed by atoms with van der Waals surface area (Å²) >= 11 is 0. The minimum atomic E-state index is -1.57. The molecule has 6 heteroatoms. The third kappa shape index (κ3) is 3.86. The van der Waals surface area contributed by atoms with Crippen molar-refractivity contribution in [1.29, 1.82) is 0 Å². The molecular weight excluding hydrogens is 336 g/mol. The fraction of sp³-hybridized carbons (Fsp3) is 0.300. The molecule has 4 rings (SSSR count). The molecule has 1 aliphatic rings. The molecule has 0 radical (unpaired) electrons. The lowest BCUT2D eigenvalue weighted by atomic mass is 10.00. The van der Waals surface area contributed by atoms with Gasteiger partial charge < -0.3 is 30.3 Å². The molecule has 0 aliphatic carbocycles. The molecule has 26 heavy (non-hydrogen) atoms. The molecule has 5 atom stereocenters. The first-order valence-corrected chi connectivity index (χ1v) is 8.37. The van der Waals surface area contributed by atoms with Gasteiger partial charge in [0.2, 0.25) is 0 Å². The Balaban J connectivity index is 0.000000153. The van der Waals surface area contributed by atoms with E-state index < -0.39 is 37.3 Å². The van der Waals surface area contributed by atoms with Crippen molar-refractivity contribution in [3.63, 3.8) is 0 Å². The molecule has 6 nitrogen and oxygen atoms in total. The van der Waals surface area contributed by atoms with Crippen LogP contribution >= 0.6 is 0 Å². The summed E-state index contributed by atoms with van der Waals surface area (Å²) in [5, 5.41) is 49.9. The second-order valence-electron chi connectivity index (χ2n) is 6.27. The normalized spacial score (nSPS) is 28.6. The molecule has 1 aliphatic heterocycles. The van der Waals surface area contributed by atoms with Crippen LogP contribution in [0.5, 0.6) is 0 Å². The molecule has 1 saturated heterocycles. The van der Waals surface area contributed by atoms with E-state index in [-0.39, 0.29) is 0 Å². The monoisotopic (exact) mass is 358 g/mol. The van der Waals surface area contributed by atoms with Crippen LogP contribution in [0.2, 0.25) is 0 Å². The third-order valence-corrected chi connectivity index (χ3v) is 4.48. The van der Waals surface area contributed by atoms with Crippen molar-refractivity contribution in [2.45, 2.75) is 30.7 Å². The zero-order valence-corrected chi connectivity index (χ0v) is 14.0. The van der Waals surface area contributed by atoms with Crippen molar-refractivity contribution in [3.8, 4) is 0 Å². The van der Waals surface area contributed by atoms with Gasteiger partial charge in [-0.3, -0.25) is 0 Å². The maximum absolute atomic E-state index is 9.12. The third-order valence-electron chi connectivity index (χ3n) is 4.48. The van der Waals surface area contributed by atoms with Crippen molar-refractivity contribution < 1.29 is 30.3 Å². The molecule has 5 N–H and O–H groups in total. The number of benzene rings is 3. The number of fused-ring (bicyclic) bond motifs is 2. The largest absolute Gasteiger partial charge is 0.394 e. The van der Waals surface area contributed by atoms with Crippen LogP contribution in [-0.4, -0.2) is 62.8 Å². The highest BCUT2D eigenvalue weighted by atomic mass is 16.6. The highest BCUT2D eigenvalue weighted by molar-refractivity contribution is 5.98. The number of aliphatic hydroxyl groups excluding tert-OH is 5. The van der Waals surface area contributed by atoms with E-state index in [1.807, 2.05) is 0 Å². The molecule has 3 aromatic rings. The first kappa shape index (κ1) is 18.7. The summed E-state index contributed by atoms with van der Waals surface area (Å²) in [6.07, 6.45) is -7.04. The molecule has 0 aromatic heterocycles. The van der Waals surface area contributed by atoms with Gasteiger partial charge in [-0.25, -0.2) is 0 Å². The average Bonchev–Trinajstić information content (AvgIpc) is 2.68. The number of rotatable bonds is 1. The van der Waals surface area contributed by atoms with E-state index in [1.54, 1.807) is 0 Å². The van der Waals surface area contributed by atoms with E-state index in [2.05, 4.69) is 65.4 Å². The zero-order valence-electron chi connectivity index (χ0n) is 14.0. The van der Waals surface area contributed by atoms with E-state index in [0.717, 1.165) is 0 Å². The first-order valence-electron chi connectivity index (χ1n) is 8.37. The molecule has 0 spiro atoms. The molecule has 1 heterocycles. The Kier molecular flexibility index (Phi) is 5.83. The predicted octanol–water partition coefficient (Wildman–Crippen LogP) is 0.772. The fourth-order valence-corrected chi connectivity index (χ4v) is 2.96. The van der Waals surface area contributed by atoms with Gasteiger partial charge in [-0.1, -0.05) is 48.5 Å². The summed E-state index contributed by atoms with van der Waals surface area (Å²) in [5.74, 6) is 0. The Morgan fingerprint density at radius 1 is 0.654 bits per heavy atom. The molecule has 1 fully saturated rings. The zero-order chi connectivity index (χ0) is 18.7. The quantitative estimate of drug-likeness (QED) is 0.411. The lowest BCUT2D eigenvalue weighted by Gasteiger charge is -2.37. The van der Waals surface area contributed by atoms with Crippen LogP contribution in [-0.2, 0) is 4.74 Å². The maximum Gasteiger partial charge on any atom is 0.184 e. The Labute approximate surface area is 150 Å². The number of aliphatic hydroxyl groups is 5. The summed E-state index contributed by atoms with van der Waals surface area (Å²) in [5.41, 5.74) is 0. The predicted molar refractivity (Wildman–Crippen MR) is 97.4 cm³/mol. The summed E-state index contributed by atoms with van der Waals surface area (Å²) in [4.78, 5) is 0. The van der Waals surface area contributed by atoms with Crippen LogP contribution in [0.3, 0.4) is 0 Å². The van der Waals surface area contributed by atoms with E-state index in [1.165, 1.54) is 21.5 Å². The molecule has 3 aromatic carbocycles. The van der Waals surface area contributed by atoms with Gasteiger partial charge in [0.15, 0.2) is 6.29 Å². The topological polar surface area (TPSA) is 110 Å². The molecule has 0 amide bonds. The lowest BCUT2D eigenvalue weighted by Crippen LogP contribution is -2.58. The lowest BCUT2D eigenvalue weighted by molar-refractivity contribution is -0.286. The van der Waals surface area contributed by atoms with Crippen molar-refractivity contribution in [3.05, 3.63) is 60.7 Å². The van der Waals surface area contributed by atoms with Gasteiger partial charge in [-0.2, -0.15) is 0 Å². The molecule has 0 bridgehead atoms. The van der Waals surface area contributed by atoms with Crippen LogP contribution in [0, 0.1) is 0 Å². The fourth-order valence-electron chi connectivity index (χ4n) is 2.96. The van der Waals surface area contributed by atoms with Crippen LogP contribution in [0.4, 0.5) is 0 Å². The number of hydrogen-bond acceptors (Lipinski definition) is 6. The maximum atomic E-state index is 9.12. The van der Waals surface area contributed by atoms with Crippen LogP contribution in [0.1, 0.15) is 0 Å². The van der Waals surface area contributed by atoms with Gasteiger partial charge in [-0.05, 0) is 33.7 Å². The Bertz CT molecular complexity index is 757. The Hall–Kier alpha value is -2.06. The Morgan fingerprint density at radius 2 is 1.08 bits per heavy atom. The standard InChI is InChI=1S/C14H10.C6H12O6/c1-2-6-12-10-14-8-4-3-7-13(14)9-11(12)5-1;7-1-2-3(8)4(9)5(10)6(11)12-2/h1-10H;2-11H,1H2/t;2-,3+,4+,5-,6-/m.1/s1. The second kappa shape index (κ2) is 8.09. The van der Waals surface area contributed by atoms with Crippen molar-refractivity contribution in [2.24, 2.45) is 0 Å². The van der Waals surface area contributed by atoms with Gasteiger partial charge in [0, 0.05) is 0 Å². The van der Waals surface area contributed by atoms with Gasteiger partial charge in [0.25, 0.3) is 0 Å². The van der Waals surface area contributed by atoms with Crippen LogP contribution in [0.25, 0.3) is 21.5 Å². The molecular formula is C20H22O6. The highest BCUT2D eigenvalue weighted by Crippen LogP contribution is 2.22. The summed E-state index contributed by atoms with van der Waals surface area (Å²) in [7, 11) is 0.